The van der Waals surface area contributed by atoms with Crippen LogP contribution in [0.15, 0.2) is 12.1 Å². The molecule has 82 valence electrons. The minimum atomic E-state index is -2.59. The second-order valence-electron chi connectivity index (χ2n) is 2.74. The third-order valence-electron chi connectivity index (χ3n) is 1.73. The lowest BCUT2D eigenvalue weighted by Gasteiger charge is -2.04. The highest BCUT2D eigenvalue weighted by molar-refractivity contribution is 14.1. The SMILES string of the molecule is COC(=O)Cc1ccc(C(F)F)nc1I. The van der Waals surface area contributed by atoms with Gasteiger partial charge in [0.1, 0.15) is 9.39 Å². The van der Waals surface area contributed by atoms with E-state index in [0.717, 1.165) is 0 Å². The Balaban J connectivity index is 2.88. The van der Waals surface area contributed by atoms with Crippen LogP contribution in [0.4, 0.5) is 8.78 Å². The number of methoxy groups -OCH3 is 1. The number of esters is 1. The van der Waals surface area contributed by atoms with Gasteiger partial charge in [-0.2, -0.15) is 0 Å². The summed E-state index contributed by atoms with van der Waals surface area (Å²) in [6.07, 6.45) is -2.55. The van der Waals surface area contributed by atoms with Crippen LogP contribution in [0, 0.1) is 3.70 Å². The van der Waals surface area contributed by atoms with E-state index in [1.807, 2.05) is 22.6 Å². The summed E-state index contributed by atoms with van der Waals surface area (Å²) in [5.41, 5.74) is 0.305. The zero-order valence-electron chi connectivity index (χ0n) is 7.84. The van der Waals surface area contributed by atoms with E-state index in [1.165, 1.54) is 19.2 Å². The number of ether oxygens (including phenoxy) is 1. The number of hydrogen-bond acceptors (Lipinski definition) is 3. The summed E-state index contributed by atoms with van der Waals surface area (Å²) >= 11 is 1.82. The van der Waals surface area contributed by atoms with Crippen LogP contribution in [-0.4, -0.2) is 18.1 Å². The van der Waals surface area contributed by atoms with Crippen LogP contribution in [0.3, 0.4) is 0 Å². The summed E-state index contributed by atoms with van der Waals surface area (Å²) in [4.78, 5) is 14.6. The Morgan fingerprint density at radius 1 is 1.60 bits per heavy atom. The van der Waals surface area contributed by atoms with E-state index < -0.39 is 12.4 Å². The summed E-state index contributed by atoms with van der Waals surface area (Å²) < 4.78 is 29.4. The van der Waals surface area contributed by atoms with E-state index in [4.69, 9.17) is 0 Å². The molecule has 1 aromatic rings. The predicted octanol–water partition coefficient (Wildman–Crippen LogP) is 2.34. The Bertz CT molecular complexity index is 371. The average molecular weight is 327 g/mol. The molecule has 0 amide bonds. The lowest BCUT2D eigenvalue weighted by Crippen LogP contribution is -2.07. The standard InChI is InChI=1S/C9H8F2INO2/c1-15-7(14)4-5-2-3-6(8(10)11)13-9(5)12/h2-3,8H,4H2,1H3. The van der Waals surface area contributed by atoms with Crippen molar-refractivity contribution in [2.75, 3.05) is 7.11 Å². The van der Waals surface area contributed by atoms with E-state index in [1.54, 1.807) is 0 Å². The number of nitrogens with zero attached hydrogens (tertiary/aromatic N) is 1. The third-order valence-corrected chi connectivity index (χ3v) is 2.67. The first-order valence-electron chi connectivity index (χ1n) is 4.05. The van der Waals surface area contributed by atoms with Gasteiger partial charge in [-0.25, -0.2) is 13.8 Å². The number of alkyl halides is 2. The molecule has 0 aromatic carbocycles. The molecule has 3 nitrogen and oxygen atoms in total. The third kappa shape index (κ3) is 3.37. The van der Waals surface area contributed by atoms with Gasteiger partial charge in [0.25, 0.3) is 6.43 Å². The molecule has 0 radical (unpaired) electrons. The Morgan fingerprint density at radius 3 is 2.73 bits per heavy atom. The monoisotopic (exact) mass is 327 g/mol. The first-order valence-corrected chi connectivity index (χ1v) is 5.12. The van der Waals surface area contributed by atoms with Crippen molar-refractivity contribution in [2.45, 2.75) is 12.8 Å². The molecule has 0 fully saturated rings. The second kappa shape index (κ2) is 5.34. The maximum atomic E-state index is 12.2. The highest BCUT2D eigenvalue weighted by atomic mass is 127. The van der Waals surface area contributed by atoms with Crippen LogP contribution in [-0.2, 0) is 16.0 Å². The van der Waals surface area contributed by atoms with Gasteiger partial charge >= 0.3 is 5.97 Å². The number of aromatic nitrogens is 1. The maximum absolute atomic E-state index is 12.2. The molecule has 1 aromatic heterocycles. The van der Waals surface area contributed by atoms with Crippen LogP contribution in [0.2, 0.25) is 0 Å². The summed E-state index contributed by atoms with van der Waals surface area (Å²) in [5, 5.41) is 0. The zero-order chi connectivity index (χ0) is 11.4. The molecule has 0 aliphatic heterocycles. The van der Waals surface area contributed by atoms with Gasteiger partial charge in [-0.3, -0.25) is 4.79 Å². The van der Waals surface area contributed by atoms with Crippen molar-refractivity contribution in [3.63, 3.8) is 0 Å². The predicted molar refractivity (Wildman–Crippen MR) is 57.6 cm³/mol. The second-order valence-corrected chi connectivity index (χ2v) is 3.76. The van der Waals surface area contributed by atoms with E-state index in [9.17, 15) is 13.6 Å². The summed E-state index contributed by atoms with van der Waals surface area (Å²) in [5.74, 6) is -0.417. The lowest BCUT2D eigenvalue weighted by atomic mass is 10.2. The number of rotatable bonds is 3. The first kappa shape index (κ1) is 12.3. The number of pyridine rings is 1. The molecule has 1 heterocycles. The molecule has 0 unspecified atom stereocenters. The molecule has 15 heavy (non-hydrogen) atoms. The maximum Gasteiger partial charge on any atom is 0.310 e. The van der Waals surface area contributed by atoms with Crippen molar-refractivity contribution in [1.82, 2.24) is 4.98 Å². The molecule has 0 bridgehead atoms. The smallest absolute Gasteiger partial charge is 0.310 e. The Hall–Kier alpha value is -0.790. The Morgan fingerprint density at radius 2 is 2.27 bits per heavy atom. The normalized spacial score (nSPS) is 10.5. The minimum absolute atomic E-state index is 0.0469. The summed E-state index contributed by atoms with van der Waals surface area (Å²) in [6.45, 7) is 0. The van der Waals surface area contributed by atoms with Crippen molar-refractivity contribution in [3.8, 4) is 0 Å². The van der Waals surface area contributed by atoms with Crippen LogP contribution in [0.1, 0.15) is 17.7 Å². The van der Waals surface area contributed by atoms with E-state index >= 15 is 0 Å². The van der Waals surface area contributed by atoms with Crippen molar-refractivity contribution >= 4 is 28.6 Å². The first-order chi connectivity index (χ1) is 7.04. The van der Waals surface area contributed by atoms with Crippen molar-refractivity contribution in [1.29, 1.82) is 0 Å². The van der Waals surface area contributed by atoms with Crippen LogP contribution < -0.4 is 0 Å². The van der Waals surface area contributed by atoms with Gasteiger partial charge in [0.2, 0.25) is 0 Å². The highest BCUT2D eigenvalue weighted by Crippen LogP contribution is 2.19. The molecule has 0 saturated carbocycles. The van der Waals surface area contributed by atoms with Gasteiger partial charge in [-0.05, 0) is 34.2 Å². The van der Waals surface area contributed by atoms with Crippen LogP contribution >= 0.6 is 22.6 Å². The summed E-state index contributed by atoms with van der Waals surface area (Å²) in [6, 6.07) is 2.68. The Kier molecular flexibility index (Phi) is 4.37. The number of carbonyl (C=O) groups is 1. The van der Waals surface area contributed by atoms with Gasteiger partial charge in [0.15, 0.2) is 0 Å². The Labute approximate surface area is 99.0 Å². The molecule has 0 saturated heterocycles. The van der Waals surface area contributed by atoms with Crippen LogP contribution in [0.25, 0.3) is 0 Å². The van der Waals surface area contributed by atoms with E-state index in [0.29, 0.717) is 9.26 Å². The number of carbonyl (C=O) groups excluding carboxylic acids is 1. The number of halogens is 3. The van der Waals surface area contributed by atoms with Gasteiger partial charge in [0, 0.05) is 0 Å². The van der Waals surface area contributed by atoms with Crippen molar-refractivity contribution < 1.29 is 18.3 Å². The molecule has 0 aliphatic rings. The fraction of sp³-hybridized carbons (Fsp3) is 0.333. The van der Waals surface area contributed by atoms with Gasteiger partial charge in [-0.15, -0.1) is 0 Å². The van der Waals surface area contributed by atoms with E-state index in [-0.39, 0.29) is 12.1 Å². The molecule has 6 heteroatoms. The molecular weight excluding hydrogens is 319 g/mol. The highest BCUT2D eigenvalue weighted by Gasteiger charge is 2.13. The minimum Gasteiger partial charge on any atom is -0.469 e. The molecular formula is C9H8F2INO2. The molecule has 0 atom stereocenters. The molecule has 1 rings (SSSR count). The zero-order valence-corrected chi connectivity index (χ0v) is 9.99. The van der Waals surface area contributed by atoms with E-state index in [2.05, 4.69) is 9.72 Å². The number of hydrogen-bond donors (Lipinski definition) is 0. The average Bonchev–Trinajstić information content (AvgIpc) is 2.20. The largest absolute Gasteiger partial charge is 0.469 e. The van der Waals surface area contributed by atoms with Gasteiger partial charge < -0.3 is 4.74 Å². The fourth-order valence-electron chi connectivity index (χ4n) is 0.958. The topological polar surface area (TPSA) is 39.2 Å². The lowest BCUT2D eigenvalue weighted by molar-refractivity contribution is -0.139. The van der Waals surface area contributed by atoms with Gasteiger partial charge in [-0.1, -0.05) is 6.07 Å². The summed E-state index contributed by atoms with van der Waals surface area (Å²) in [7, 11) is 1.27. The van der Waals surface area contributed by atoms with Gasteiger partial charge in [0.05, 0.1) is 13.5 Å². The van der Waals surface area contributed by atoms with Crippen molar-refractivity contribution in [2.24, 2.45) is 0 Å². The van der Waals surface area contributed by atoms with Crippen LogP contribution in [0.5, 0.6) is 0 Å². The van der Waals surface area contributed by atoms with Crippen molar-refractivity contribution in [3.05, 3.63) is 27.1 Å². The quantitative estimate of drug-likeness (QED) is 0.486. The fourth-order valence-corrected chi connectivity index (χ4v) is 1.61. The molecule has 0 spiro atoms. The molecule has 0 aliphatic carbocycles. The molecule has 0 N–H and O–H groups in total.